The number of likely N-dealkylation sites (N-methyl/N-ethyl adjacent to an activating group) is 1. The minimum absolute atomic E-state index is 0.491. The molecule has 0 bridgehead atoms. The van der Waals surface area contributed by atoms with Gasteiger partial charge in [0.1, 0.15) is 0 Å². The Morgan fingerprint density at radius 1 is 0.909 bits per heavy atom. The number of hydrogen-bond donors (Lipinski definition) is 2. The molecule has 2 saturated heterocycles. The first-order chi connectivity index (χ1) is 15.2. The number of halogens is 6. The van der Waals surface area contributed by atoms with E-state index in [9.17, 15) is 26.3 Å². The van der Waals surface area contributed by atoms with Gasteiger partial charge in [0.05, 0.1) is 6.10 Å². The second-order valence-electron chi connectivity index (χ2n) is 7.98. The fraction of sp³-hybridized carbons (Fsp3) is 0.900. The van der Waals surface area contributed by atoms with Crippen LogP contribution in [0.5, 0.6) is 0 Å². The quantitative estimate of drug-likeness (QED) is 0.556. The number of carboxylic acid groups (broad SMARTS) is 2. The van der Waals surface area contributed by atoms with E-state index in [2.05, 4.69) is 23.8 Å². The van der Waals surface area contributed by atoms with E-state index < -0.39 is 24.3 Å². The summed E-state index contributed by atoms with van der Waals surface area (Å²) in [5, 5.41) is 14.2. The highest BCUT2D eigenvalue weighted by molar-refractivity contribution is 5.73. The molecular weight excluding hydrogens is 462 g/mol. The van der Waals surface area contributed by atoms with E-state index >= 15 is 0 Å². The van der Waals surface area contributed by atoms with Crippen LogP contribution in [0.2, 0.25) is 0 Å². The van der Waals surface area contributed by atoms with E-state index in [0.717, 1.165) is 25.6 Å². The van der Waals surface area contributed by atoms with Crippen LogP contribution in [0.4, 0.5) is 26.3 Å². The van der Waals surface area contributed by atoms with Gasteiger partial charge >= 0.3 is 24.3 Å². The first-order valence-electron chi connectivity index (χ1n) is 10.8. The number of aliphatic carboxylic acids is 2. The van der Waals surface area contributed by atoms with Gasteiger partial charge in [-0.15, -0.1) is 0 Å². The summed E-state index contributed by atoms with van der Waals surface area (Å²) in [6.07, 6.45) is -0.363. The monoisotopic (exact) mass is 496 g/mol. The van der Waals surface area contributed by atoms with Gasteiger partial charge in [-0.1, -0.05) is 19.8 Å². The summed E-state index contributed by atoms with van der Waals surface area (Å²) < 4.78 is 69.4. The Bertz CT molecular complexity index is 550. The van der Waals surface area contributed by atoms with Gasteiger partial charge < -0.3 is 19.8 Å². The molecule has 0 amide bonds. The summed E-state index contributed by atoms with van der Waals surface area (Å²) in [6.45, 7) is 8.10. The highest BCUT2D eigenvalue weighted by Gasteiger charge is 2.38. The van der Waals surface area contributed by atoms with Crippen LogP contribution in [0, 0.1) is 0 Å². The zero-order valence-corrected chi connectivity index (χ0v) is 18.9. The Balaban J connectivity index is 0.000000605. The zero-order chi connectivity index (χ0) is 25.7. The lowest BCUT2D eigenvalue weighted by Gasteiger charge is -2.37. The van der Waals surface area contributed by atoms with Crippen LogP contribution in [0.3, 0.4) is 0 Å². The molecule has 2 aliphatic heterocycles. The summed E-state index contributed by atoms with van der Waals surface area (Å²) in [4.78, 5) is 23.0. The van der Waals surface area contributed by atoms with Gasteiger partial charge in [0.25, 0.3) is 0 Å². The molecule has 0 spiro atoms. The van der Waals surface area contributed by atoms with Crippen molar-refractivity contribution in [3.05, 3.63) is 0 Å². The van der Waals surface area contributed by atoms with Crippen LogP contribution in [0.15, 0.2) is 0 Å². The molecule has 0 aromatic carbocycles. The number of carbonyl (C=O) groups is 2. The number of nitrogens with zero attached hydrogens (tertiary/aromatic N) is 2. The first kappa shape index (κ1) is 31.4. The van der Waals surface area contributed by atoms with Gasteiger partial charge in [-0.25, -0.2) is 9.59 Å². The van der Waals surface area contributed by atoms with Gasteiger partial charge in [0, 0.05) is 25.7 Å². The first-order valence-corrected chi connectivity index (χ1v) is 10.8. The lowest BCUT2D eigenvalue weighted by molar-refractivity contribution is -0.193. The number of carboxylic acids is 2. The number of likely N-dealkylation sites (tertiary alicyclic amines) is 2. The van der Waals surface area contributed by atoms with Gasteiger partial charge in [0.15, 0.2) is 0 Å². The topological polar surface area (TPSA) is 90.3 Å². The minimum atomic E-state index is -5.08. The lowest BCUT2D eigenvalue weighted by Crippen LogP contribution is -2.47. The molecule has 2 heterocycles. The molecule has 0 aromatic heterocycles. The van der Waals surface area contributed by atoms with Crippen LogP contribution in [-0.2, 0) is 14.3 Å². The predicted octanol–water partition coefficient (Wildman–Crippen LogP) is 4.02. The van der Waals surface area contributed by atoms with Crippen molar-refractivity contribution in [3.8, 4) is 0 Å². The van der Waals surface area contributed by atoms with Gasteiger partial charge in [-0.3, -0.25) is 4.90 Å². The second-order valence-corrected chi connectivity index (χ2v) is 7.98. The Labute approximate surface area is 189 Å². The number of piperidine rings is 1. The molecule has 2 unspecified atom stereocenters. The average molecular weight is 496 g/mol. The molecule has 33 heavy (non-hydrogen) atoms. The van der Waals surface area contributed by atoms with Crippen molar-refractivity contribution in [2.45, 2.75) is 76.4 Å². The molecule has 7 nitrogen and oxygen atoms in total. The van der Waals surface area contributed by atoms with Crippen LogP contribution in [-0.4, -0.2) is 96.3 Å². The molecular formula is C20H34F6N2O5. The summed E-state index contributed by atoms with van der Waals surface area (Å²) in [5.41, 5.74) is 0. The van der Waals surface area contributed by atoms with E-state index in [0.29, 0.717) is 6.10 Å². The Hall–Kier alpha value is -1.60. The Morgan fingerprint density at radius 2 is 1.45 bits per heavy atom. The molecule has 2 fully saturated rings. The maximum Gasteiger partial charge on any atom is 0.490 e. The summed E-state index contributed by atoms with van der Waals surface area (Å²) >= 11 is 0. The maximum absolute atomic E-state index is 10.6. The van der Waals surface area contributed by atoms with E-state index in [1.54, 1.807) is 0 Å². The lowest BCUT2D eigenvalue weighted by atomic mass is 10.1. The van der Waals surface area contributed by atoms with Crippen molar-refractivity contribution < 1.29 is 50.9 Å². The van der Waals surface area contributed by atoms with Crippen LogP contribution < -0.4 is 0 Å². The Kier molecular flexibility index (Phi) is 14.6. The van der Waals surface area contributed by atoms with Crippen molar-refractivity contribution in [1.29, 1.82) is 0 Å². The SMILES string of the molecule is CCCOC1CCCN(CC2CCCCCN2C)C1.O=C(O)C(F)(F)F.O=C(O)C(F)(F)F. The normalized spacial score (nSPS) is 22.8. The van der Waals surface area contributed by atoms with E-state index in [1.165, 1.54) is 58.2 Å². The predicted molar refractivity (Wildman–Crippen MR) is 108 cm³/mol. The third kappa shape index (κ3) is 15.0. The van der Waals surface area contributed by atoms with Crippen LogP contribution in [0.25, 0.3) is 0 Å². The zero-order valence-electron chi connectivity index (χ0n) is 18.9. The molecule has 2 atom stereocenters. The van der Waals surface area contributed by atoms with Crippen molar-refractivity contribution in [1.82, 2.24) is 9.80 Å². The minimum Gasteiger partial charge on any atom is -0.475 e. The second kappa shape index (κ2) is 15.3. The van der Waals surface area contributed by atoms with E-state index in [-0.39, 0.29) is 0 Å². The fourth-order valence-corrected chi connectivity index (χ4v) is 3.45. The number of rotatable bonds is 5. The molecule has 0 saturated carbocycles. The number of ether oxygens (including phenoxy) is 1. The van der Waals surface area contributed by atoms with E-state index in [4.69, 9.17) is 24.5 Å². The highest BCUT2D eigenvalue weighted by Crippen LogP contribution is 2.19. The van der Waals surface area contributed by atoms with Gasteiger partial charge in [0.2, 0.25) is 0 Å². The summed E-state index contributed by atoms with van der Waals surface area (Å²) in [7, 11) is 2.31. The third-order valence-corrected chi connectivity index (χ3v) is 5.15. The summed E-state index contributed by atoms with van der Waals surface area (Å²) in [6, 6.07) is 0.771. The number of hydrogen-bond acceptors (Lipinski definition) is 5. The van der Waals surface area contributed by atoms with Gasteiger partial charge in [-0.2, -0.15) is 26.3 Å². The standard InChI is InChI=1S/C16H32N2O.2C2HF3O2/c1-3-12-19-16-9-7-11-18(14-16)13-15-8-5-4-6-10-17(15)2;2*3-2(4,5)1(6)7/h15-16H,3-14H2,1-2H3;2*(H,6,7). The number of alkyl halides is 6. The third-order valence-electron chi connectivity index (χ3n) is 5.15. The van der Waals surface area contributed by atoms with E-state index in [1.807, 2.05) is 0 Å². The molecule has 13 heteroatoms. The van der Waals surface area contributed by atoms with Crippen LogP contribution >= 0.6 is 0 Å². The molecule has 0 aliphatic carbocycles. The molecule has 2 aliphatic rings. The van der Waals surface area contributed by atoms with Crippen molar-refractivity contribution in [3.63, 3.8) is 0 Å². The fourth-order valence-electron chi connectivity index (χ4n) is 3.45. The average Bonchev–Trinajstić information content (AvgIpc) is 2.90. The summed E-state index contributed by atoms with van der Waals surface area (Å²) in [5.74, 6) is -5.51. The van der Waals surface area contributed by atoms with Gasteiger partial charge in [-0.05, 0) is 52.2 Å². The highest BCUT2D eigenvalue weighted by atomic mass is 19.4. The largest absolute Gasteiger partial charge is 0.490 e. The molecule has 2 rings (SSSR count). The molecule has 0 radical (unpaired) electrons. The van der Waals surface area contributed by atoms with Crippen LogP contribution in [0.1, 0.15) is 51.9 Å². The molecule has 196 valence electrons. The van der Waals surface area contributed by atoms with Crippen molar-refractivity contribution in [2.24, 2.45) is 0 Å². The Morgan fingerprint density at radius 3 is 1.94 bits per heavy atom. The maximum atomic E-state index is 10.6. The van der Waals surface area contributed by atoms with Crippen molar-refractivity contribution >= 4 is 11.9 Å². The molecule has 2 N–H and O–H groups in total. The smallest absolute Gasteiger partial charge is 0.475 e. The molecule has 0 aromatic rings. The van der Waals surface area contributed by atoms with Crippen molar-refractivity contribution in [2.75, 3.05) is 39.8 Å².